The SMILES string of the molecule is CCC(Nc1nc(Nc2ccc(F)c(Cl)c2)nc2c(C3=CCNCC3)cccc12)c1cccs1. The van der Waals surface area contributed by atoms with Crippen LogP contribution in [-0.4, -0.2) is 23.1 Å². The molecule has 1 unspecified atom stereocenters. The maximum absolute atomic E-state index is 13.7. The zero-order valence-corrected chi connectivity index (χ0v) is 20.3. The van der Waals surface area contributed by atoms with Crippen molar-refractivity contribution >= 4 is 56.9 Å². The van der Waals surface area contributed by atoms with Gasteiger partial charge in [0.1, 0.15) is 11.6 Å². The van der Waals surface area contributed by atoms with Gasteiger partial charge in [0, 0.05) is 28.1 Å². The number of benzene rings is 2. The number of aromatic nitrogens is 2. The minimum Gasteiger partial charge on any atom is -0.362 e. The van der Waals surface area contributed by atoms with Gasteiger partial charge in [0.15, 0.2) is 0 Å². The number of anilines is 3. The summed E-state index contributed by atoms with van der Waals surface area (Å²) in [6.07, 6.45) is 4.08. The smallest absolute Gasteiger partial charge is 0.229 e. The first-order valence-electron chi connectivity index (χ1n) is 11.3. The van der Waals surface area contributed by atoms with Crippen LogP contribution >= 0.6 is 22.9 Å². The van der Waals surface area contributed by atoms with Crippen LogP contribution in [0.2, 0.25) is 5.02 Å². The van der Waals surface area contributed by atoms with E-state index in [4.69, 9.17) is 21.6 Å². The number of thiophene rings is 1. The molecule has 0 saturated carbocycles. The van der Waals surface area contributed by atoms with Gasteiger partial charge in [0.05, 0.1) is 16.6 Å². The van der Waals surface area contributed by atoms with Gasteiger partial charge in [-0.15, -0.1) is 11.3 Å². The standard InChI is InChI=1S/C26H25ClFN5S/c1-2-22(23-7-4-14-34-23)31-25-19-6-3-5-18(16-10-12-29-13-11-16)24(19)32-26(33-25)30-17-8-9-21(28)20(27)15-17/h3-10,14-15,22,29H,2,11-13H2,1H3,(H2,30,31,32,33). The lowest BCUT2D eigenvalue weighted by molar-refractivity contribution is 0.628. The third-order valence-corrected chi connectivity index (χ3v) is 7.19. The molecule has 3 N–H and O–H groups in total. The molecule has 3 heterocycles. The van der Waals surface area contributed by atoms with Crippen LogP contribution in [0.4, 0.5) is 21.8 Å². The molecule has 34 heavy (non-hydrogen) atoms. The van der Waals surface area contributed by atoms with Crippen LogP contribution in [0.5, 0.6) is 0 Å². The molecule has 1 aliphatic heterocycles. The van der Waals surface area contributed by atoms with Crippen LogP contribution in [-0.2, 0) is 0 Å². The Morgan fingerprint density at radius 1 is 1.18 bits per heavy atom. The van der Waals surface area contributed by atoms with E-state index in [-0.39, 0.29) is 11.1 Å². The minimum atomic E-state index is -0.462. The number of nitrogens with zero attached hydrogens (tertiary/aromatic N) is 2. The number of nitrogens with one attached hydrogen (secondary N) is 3. The predicted molar refractivity (Wildman–Crippen MR) is 141 cm³/mol. The van der Waals surface area contributed by atoms with Crippen LogP contribution in [0.15, 0.2) is 60.0 Å². The second kappa shape index (κ2) is 10.1. The van der Waals surface area contributed by atoms with Crippen LogP contribution in [0.1, 0.15) is 36.2 Å². The van der Waals surface area contributed by atoms with Crippen LogP contribution < -0.4 is 16.0 Å². The highest BCUT2D eigenvalue weighted by molar-refractivity contribution is 7.10. The molecule has 1 atom stereocenters. The van der Waals surface area contributed by atoms with E-state index in [1.54, 1.807) is 23.5 Å². The first-order valence-corrected chi connectivity index (χ1v) is 12.6. The summed E-state index contributed by atoms with van der Waals surface area (Å²) >= 11 is 7.73. The van der Waals surface area contributed by atoms with Crippen molar-refractivity contribution in [1.82, 2.24) is 15.3 Å². The Morgan fingerprint density at radius 3 is 2.82 bits per heavy atom. The molecule has 0 aliphatic carbocycles. The molecular formula is C26H25ClFN5S. The van der Waals surface area contributed by atoms with Crippen molar-refractivity contribution in [1.29, 1.82) is 0 Å². The molecule has 8 heteroatoms. The van der Waals surface area contributed by atoms with E-state index in [1.165, 1.54) is 16.5 Å². The van der Waals surface area contributed by atoms with Crippen molar-refractivity contribution in [2.75, 3.05) is 23.7 Å². The normalized spacial score (nSPS) is 14.6. The zero-order valence-electron chi connectivity index (χ0n) is 18.7. The van der Waals surface area contributed by atoms with E-state index in [1.807, 2.05) is 0 Å². The molecule has 174 valence electrons. The number of para-hydroxylation sites is 1. The first-order chi connectivity index (χ1) is 16.6. The van der Waals surface area contributed by atoms with Crippen molar-refractivity contribution in [3.63, 3.8) is 0 Å². The third kappa shape index (κ3) is 4.78. The second-order valence-corrected chi connectivity index (χ2v) is 9.54. The Kier molecular flexibility index (Phi) is 6.76. The van der Waals surface area contributed by atoms with Crippen LogP contribution in [0.25, 0.3) is 16.5 Å². The van der Waals surface area contributed by atoms with E-state index < -0.39 is 5.82 Å². The number of hydrogen-bond acceptors (Lipinski definition) is 6. The van der Waals surface area contributed by atoms with Crippen molar-refractivity contribution in [2.45, 2.75) is 25.8 Å². The highest BCUT2D eigenvalue weighted by Gasteiger charge is 2.18. The average Bonchev–Trinajstić information content (AvgIpc) is 3.40. The van der Waals surface area contributed by atoms with Crippen molar-refractivity contribution in [3.8, 4) is 0 Å². The lowest BCUT2D eigenvalue weighted by atomic mass is 9.97. The molecule has 5 rings (SSSR count). The summed E-state index contributed by atoms with van der Waals surface area (Å²) in [4.78, 5) is 11.0. The van der Waals surface area contributed by atoms with Gasteiger partial charge in [-0.25, -0.2) is 9.37 Å². The number of hydrogen-bond donors (Lipinski definition) is 3. The molecule has 0 bridgehead atoms. The summed E-state index contributed by atoms with van der Waals surface area (Å²) in [7, 11) is 0. The van der Waals surface area contributed by atoms with Crippen LogP contribution in [0.3, 0.4) is 0 Å². The largest absolute Gasteiger partial charge is 0.362 e. The van der Waals surface area contributed by atoms with Crippen molar-refractivity contribution in [3.05, 3.63) is 81.3 Å². The Balaban J connectivity index is 1.62. The van der Waals surface area contributed by atoms with Gasteiger partial charge >= 0.3 is 0 Å². The Labute approximate surface area is 207 Å². The second-order valence-electron chi connectivity index (χ2n) is 8.16. The van der Waals surface area contributed by atoms with Gasteiger partial charge in [-0.1, -0.05) is 42.8 Å². The summed E-state index contributed by atoms with van der Waals surface area (Å²) in [5.74, 6) is 0.730. The Hall–Kier alpha value is -3.00. The lowest BCUT2D eigenvalue weighted by Crippen LogP contribution is -2.20. The maximum atomic E-state index is 13.7. The number of halogens is 2. The van der Waals surface area contributed by atoms with Gasteiger partial charge in [-0.2, -0.15) is 4.98 Å². The van der Waals surface area contributed by atoms with Crippen LogP contribution in [0, 0.1) is 5.82 Å². The molecule has 0 radical (unpaired) electrons. The summed E-state index contributed by atoms with van der Waals surface area (Å²) < 4.78 is 13.7. The molecule has 4 aromatic rings. The fourth-order valence-electron chi connectivity index (χ4n) is 4.18. The molecule has 0 fully saturated rings. The molecule has 1 aliphatic rings. The zero-order chi connectivity index (χ0) is 23.5. The molecule has 2 aromatic heterocycles. The summed E-state index contributed by atoms with van der Waals surface area (Å²) in [5, 5.41) is 13.3. The van der Waals surface area contributed by atoms with Gasteiger partial charge in [0.2, 0.25) is 5.95 Å². The number of rotatable bonds is 7. The fraction of sp³-hybridized carbons (Fsp3) is 0.231. The average molecular weight is 494 g/mol. The van der Waals surface area contributed by atoms with E-state index in [0.29, 0.717) is 11.6 Å². The Bertz CT molecular complexity index is 1340. The summed E-state index contributed by atoms with van der Waals surface area (Å²) in [6, 6.07) is 15.1. The van der Waals surface area contributed by atoms with E-state index in [2.05, 4.69) is 64.7 Å². The van der Waals surface area contributed by atoms with Gasteiger partial charge in [-0.05, 0) is 60.7 Å². The molecule has 0 saturated heterocycles. The minimum absolute atomic E-state index is 0.0495. The van der Waals surface area contributed by atoms with E-state index in [9.17, 15) is 4.39 Å². The maximum Gasteiger partial charge on any atom is 0.229 e. The van der Waals surface area contributed by atoms with Gasteiger partial charge in [-0.3, -0.25) is 0 Å². The van der Waals surface area contributed by atoms with Gasteiger partial charge < -0.3 is 16.0 Å². The number of fused-ring (bicyclic) bond motifs is 1. The molecule has 5 nitrogen and oxygen atoms in total. The third-order valence-electron chi connectivity index (χ3n) is 5.92. The molecule has 0 amide bonds. The van der Waals surface area contributed by atoms with E-state index >= 15 is 0 Å². The molecule has 0 spiro atoms. The van der Waals surface area contributed by atoms with Crippen molar-refractivity contribution < 1.29 is 4.39 Å². The topological polar surface area (TPSA) is 61.9 Å². The molecule has 2 aromatic carbocycles. The molecular weight excluding hydrogens is 469 g/mol. The summed E-state index contributed by atoms with van der Waals surface area (Å²) in [6.45, 7) is 3.94. The monoisotopic (exact) mass is 493 g/mol. The first kappa shape index (κ1) is 22.8. The summed E-state index contributed by atoms with van der Waals surface area (Å²) in [5.41, 5.74) is 3.88. The van der Waals surface area contributed by atoms with Gasteiger partial charge in [0.25, 0.3) is 0 Å². The quantitative estimate of drug-likeness (QED) is 0.255. The highest BCUT2D eigenvalue weighted by Crippen LogP contribution is 2.34. The lowest BCUT2D eigenvalue weighted by Gasteiger charge is -2.20. The van der Waals surface area contributed by atoms with Crippen molar-refractivity contribution in [2.24, 2.45) is 0 Å². The Morgan fingerprint density at radius 2 is 2.09 bits per heavy atom. The van der Waals surface area contributed by atoms with E-state index in [0.717, 1.165) is 48.2 Å². The fourth-order valence-corrected chi connectivity index (χ4v) is 5.22. The highest BCUT2D eigenvalue weighted by atomic mass is 35.5. The predicted octanol–water partition coefficient (Wildman–Crippen LogP) is 7.17.